The fourth-order valence-corrected chi connectivity index (χ4v) is 2.28. The third-order valence-corrected chi connectivity index (χ3v) is 3.68. The van der Waals surface area contributed by atoms with E-state index >= 15 is 0 Å². The zero-order valence-electron chi connectivity index (χ0n) is 11.0. The molecule has 0 radical (unpaired) electrons. The van der Waals surface area contributed by atoms with Gasteiger partial charge in [0, 0.05) is 26.9 Å². The Morgan fingerprint density at radius 2 is 1.71 bits per heavy atom. The van der Waals surface area contributed by atoms with Gasteiger partial charge < -0.3 is 4.74 Å². The second-order valence-corrected chi connectivity index (χ2v) is 6.14. The normalized spacial score (nSPS) is 11.8. The molecule has 108 valence electrons. The van der Waals surface area contributed by atoms with Crippen molar-refractivity contribution in [2.45, 2.75) is 13.0 Å². The van der Waals surface area contributed by atoms with Crippen LogP contribution in [-0.4, -0.2) is 22.8 Å². The van der Waals surface area contributed by atoms with Crippen LogP contribution in [0.4, 0.5) is 0 Å². The molecule has 0 saturated carbocycles. The third-order valence-electron chi connectivity index (χ3n) is 2.72. The van der Waals surface area contributed by atoms with E-state index in [9.17, 15) is 9.59 Å². The first-order valence-electron chi connectivity index (χ1n) is 6.08. The monoisotopic (exact) mass is 411 g/mol. The Labute approximate surface area is 138 Å². The molecule has 0 aliphatic rings. The molecule has 4 nitrogen and oxygen atoms in total. The Bertz CT molecular complexity index is 671. The number of aromatic nitrogens is 1. The van der Waals surface area contributed by atoms with Gasteiger partial charge >= 0.3 is 5.97 Å². The number of hydrogen-bond donors (Lipinski definition) is 0. The topological polar surface area (TPSA) is 56.3 Å². The fourth-order valence-electron chi connectivity index (χ4n) is 1.65. The molecule has 1 aromatic carbocycles. The van der Waals surface area contributed by atoms with E-state index in [0.717, 1.165) is 4.47 Å². The van der Waals surface area contributed by atoms with Crippen molar-refractivity contribution in [1.82, 2.24) is 4.98 Å². The van der Waals surface area contributed by atoms with E-state index < -0.39 is 12.1 Å². The molecule has 1 heterocycles. The second-order valence-electron chi connectivity index (χ2n) is 4.31. The van der Waals surface area contributed by atoms with Crippen LogP contribution in [0.1, 0.15) is 27.6 Å². The summed E-state index contributed by atoms with van der Waals surface area (Å²) in [4.78, 5) is 28.0. The summed E-state index contributed by atoms with van der Waals surface area (Å²) < 4.78 is 6.73. The number of pyridine rings is 1. The first kappa shape index (κ1) is 15.9. The summed E-state index contributed by atoms with van der Waals surface area (Å²) in [7, 11) is 0. The number of Topliss-reactive ketones (excluding diaryl/α,β-unsaturated/α-hetero) is 1. The Balaban J connectivity index is 2.07. The van der Waals surface area contributed by atoms with Crippen molar-refractivity contribution in [2.24, 2.45) is 0 Å². The van der Waals surface area contributed by atoms with E-state index in [-0.39, 0.29) is 5.78 Å². The number of carbonyl (C=O) groups excluding carboxylic acids is 2. The molecule has 1 atom stereocenters. The van der Waals surface area contributed by atoms with E-state index in [4.69, 9.17) is 4.74 Å². The lowest BCUT2D eigenvalue weighted by Gasteiger charge is -2.12. The first-order valence-corrected chi connectivity index (χ1v) is 7.67. The van der Waals surface area contributed by atoms with Gasteiger partial charge in [0.15, 0.2) is 6.10 Å². The Kier molecular flexibility index (Phi) is 5.25. The number of ether oxygens (including phenoxy) is 1. The van der Waals surface area contributed by atoms with Gasteiger partial charge in [0.2, 0.25) is 5.78 Å². The quantitative estimate of drug-likeness (QED) is 0.561. The molecule has 0 aliphatic carbocycles. The molecule has 2 rings (SSSR count). The summed E-state index contributed by atoms with van der Waals surface area (Å²) in [5, 5.41) is 0. The van der Waals surface area contributed by atoms with Crippen molar-refractivity contribution >= 4 is 43.6 Å². The van der Waals surface area contributed by atoms with Crippen LogP contribution in [0.15, 0.2) is 51.7 Å². The SMILES string of the molecule is CC(OC(=O)c1cncc(Br)c1)C(=O)c1ccc(Br)cc1. The maximum atomic E-state index is 12.2. The van der Waals surface area contributed by atoms with Gasteiger partial charge in [0.05, 0.1) is 5.56 Å². The maximum absolute atomic E-state index is 12.2. The number of benzene rings is 1. The molecule has 0 spiro atoms. The average molecular weight is 413 g/mol. The number of carbonyl (C=O) groups is 2. The van der Waals surface area contributed by atoms with E-state index in [2.05, 4.69) is 36.8 Å². The molecule has 0 saturated heterocycles. The smallest absolute Gasteiger partial charge is 0.340 e. The molecule has 0 N–H and O–H groups in total. The van der Waals surface area contributed by atoms with Crippen molar-refractivity contribution in [1.29, 1.82) is 0 Å². The highest BCUT2D eigenvalue weighted by molar-refractivity contribution is 9.10. The third kappa shape index (κ3) is 4.22. The lowest BCUT2D eigenvalue weighted by molar-refractivity contribution is 0.0318. The van der Waals surface area contributed by atoms with Crippen molar-refractivity contribution in [3.8, 4) is 0 Å². The van der Waals surface area contributed by atoms with Gasteiger partial charge in [-0.05, 0) is 41.1 Å². The Morgan fingerprint density at radius 1 is 1.05 bits per heavy atom. The van der Waals surface area contributed by atoms with Crippen LogP contribution in [0.5, 0.6) is 0 Å². The molecule has 1 unspecified atom stereocenters. The number of rotatable bonds is 4. The van der Waals surface area contributed by atoms with Crippen molar-refractivity contribution < 1.29 is 14.3 Å². The average Bonchev–Trinajstić information content (AvgIpc) is 2.47. The zero-order chi connectivity index (χ0) is 15.4. The van der Waals surface area contributed by atoms with Crippen molar-refractivity contribution in [3.05, 3.63) is 62.8 Å². The molecular weight excluding hydrogens is 402 g/mol. The minimum Gasteiger partial charge on any atom is -0.451 e. The molecule has 2 aromatic rings. The van der Waals surface area contributed by atoms with Crippen LogP contribution in [0.25, 0.3) is 0 Å². The summed E-state index contributed by atoms with van der Waals surface area (Å²) in [6, 6.07) is 8.47. The molecule has 1 aromatic heterocycles. The van der Waals surface area contributed by atoms with Gasteiger partial charge in [-0.25, -0.2) is 4.79 Å². The number of halogens is 2. The van der Waals surface area contributed by atoms with Crippen LogP contribution in [0, 0.1) is 0 Å². The largest absolute Gasteiger partial charge is 0.451 e. The summed E-state index contributed by atoms with van der Waals surface area (Å²) >= 11 is 6.53. The molecular formula is C15H11Br2NO3. The molecule has 6 heteroatoms. The van der Waals surface area contributed by atoms with Crippen LogP contribution in [-0.2, 0) is 4.74 Å². The summed E-state index contributed by atoms with van der Waals surface area (Å²) in [5.41, 5.74) is 0.783. The summed E-state index contributed by atoms with van der Waals surface area (Å²) in [6.07, 6.45) is 2.09. The van der Waals surface area contributed by atoms with E-state index in [1.165, 1.54) is 6.20 Å². The van der Waals surface area contributed by atoms with E-state index in [1.807, 2.05) is 0 Å². The number of ketones is 1. The molecule has 0 amide bonds. The number of nitrogens with zero attached hydrogens (tertiary/aromatic N) is 1. The predicted octanol–water partition coefficient (Wildman–Crippen LogP) is 4.03. The van der Waals surface area contributed by atoms with Crippen LogP contribution < -0.4 is 0 Å². The summed E-state index contributed by atoms with van der Waals surface area (Å²) in [6.45, 7) is 1.55. The van der Waals surface area contributed by atoms with Crippen LogP contribution in [0.3, 0.4) is 0 Å². The van der Waals surface area contributed by atoms with Gasteiger partial charge in [-0.3, -0.25) is 9.78 Å². The van der Waals surface area contributed by atoms with E-state index in [1.54, 1.807) is 43.5 Å². The van der Waals surface area contributed by atoms with Gasteiger partial charge in [-0.1, -0.05) is 28.1 Å². The standard InChI is InChI=1S/C15H11Br2NO3/c1-9(14(19)10-2-4-12(16)5-3-10)21-15(20)11-6-13(17)8-18-7-11/h2-9H,1H3. The Hall–Kier alpha value is -1.53. The van der Waals surface area contributed by atoms with Gasteiger partial charge in [0.1, 0.15) is 0 Å². The second kappa shape index (κ2) is 6.95. The van der Waals surface area contributed by atoms with Crippen LogP contribution in [0.2, 0.25) is 0 Å². The molecule has 21 heavy (non-hydrogen) atoms. The van der Waals surface area contributed by atoms with Gasteiger partial charge in [-0.15, -0.1) is 0 Å². The molecule has 0 aliphatic heterocycles. The highest BCUT2D eigenvalue weighted by atomic mass is 79.9. The molecule has 0 bridgehead atoms. The Morgan fingerprint density at radius 3 is 2.33 bits per heavy atom. The molecule has 0 fully saturated rings. The van der Waals surface area contributed by atoms with Crippen molar-refractivity contribution in [2.75, 3.05) is 0 Å². The van der Waals surface area contributed by atoms with Gasteiger partial charge in [-0.2, -0.15) is 0 Å². The predicted molar refractivity (Wildman–Crippen MR) is 85.3 cm³/mol. The zero-order valence-corrected chi connectivity index (χ0v) is 14.2. The maximum Gasteiger partial charge on any atom is 0.340 e. The fraction of sp³-hybridized carbons (Fsp3) is 0.133. The van der Waals surface area contributed by atoms with Crippen LogP contribution >= 0.6 is 31.9 Å². The first-order chi connectivity index (χ1) is 9.97. The highest BCUT2D eigenvalue weighted by Gasteiger charge is 2.20. The summed E-state index contributed by atoms with van der Waals surface area (Å²) in [5.74, 6) is -0.833. The van der Waals surface area contributed by atoms with Gasteiger partial charge in [0.25, 0.3) is 0 Å². The van der Waals surface area contributed by atoms with E-state index in [0.29, 0.717) is 15.6 Å². The number of hydrogen-bond acceptors (Lipinski definition) is 4. The highest BCUT2D eigenvalue weighted by Crippen LogP contribution is 2.15. The minimum absolute atomic E-state index is 0.251. The lowest BCUT2D eigenvalue weighted by Crippen LogP contribution is -2.24. The minimum atomic E-state index is -0.863. The van der Waals surface area contributed by atoms with Crippen molar-refractivity contribution in [3.63, 3.8) is 0 Å². The number of esters is 1. The lowest BCUT2D eigenvalue weighted by atomic mass is 10.1.